The summed E-state index contributed by atoms with van der Waals surface area (Å²) in [6.07, 6.45) is 4.33. The molecule has 8 heteroatoms. The molecule has 0 radical (unpaired) electrons. The van der Waals surface area contributed by atoms with Crippen LogP contribution in [0.1, 0.15) is 40.0 Å². The van der Waals surface area contributed by atoms with Gasteiger partial charge >= 0.3 is 6.09 Å². The Morgan fingerprint density at radius 1 is 1.14 bits per heavy atom. The molecule has 1 heterocycles. The highest BCUT2D eigenvalue weighted by Crippen LogP contribution is 2.35. The lowest BCUT2D eigenvalue weighted by molar-refractivity contribution is 0.0240. The van der Waals surface area contributed by atoms with Crippen molar-refractivity contribution in [1.82, 2.24) is 4.90 Å². The predicted octanol–water partition coefficient (Wildman–Crippen LogP) is 3.31. The maximum Gasteiger partial charge on any atom is 0.410 e. The van der Waals surface area contributed by atoms with Crippen LogP contribution in [0.3, 0.4) is 0 Å². The minimum Gasteiger partial charge on any atom is -0.444 e. The molecule has 1 aliphatic heterocycles. The fourth-order valence-corrected chi connectivity index (χ4v) is 4.71. The van der Waals surface area contributed by atoms with Gasteiger partial charge in [0.25, 0.3) is 0 Å². The van der Waals surface area contributed by atoms with Crippen LogP contribution < -0.4 is 9.21 Å². The van der Waals surface area contributed by atoms with Crippen molar-refractivity contribution in [3.63, 3.8) is 0 Å². The Balaban J connectivity index is 1.74. The molecule has 0 unspecified atom stereocenters. The number of hydrogen-bond donors (Lipinski definition) is 0. The second kappa shape index (κ2) is 8.42. The van der Waals surface area contributed by atoms with Crippen molar-refractivity contribution < 1.29 is 17.9 Å². The largest absolute Gasteiger partial charge is 0.444 e. The number of amides is 1. The van der Waals surface area contributed by atoms with E-state index in [0.717, 1.165) is 24.2 Å². The molecule has 3 rings (SSSR count). The summed E-state index contributed by atoms with van der Waals surface area (Å²) in [7, 11) is -3.37. The van der Waals surface area contributed by atoms with Crippen molar-refractivity contribution in [2.24, 2.45) is 5.92 Å². The second-order valence-corrected chi connectivity index (χ2v) is 10.9. The van der Waals surface area contributed by atoms with Gasteiger partial charge in [0, 0.05) is 32.7 Å². The molecule has 2 aliphatic rings. The number of benzene rings is 1. The van der Waals surface area contributed by atoms with Crippen molar-refractivity contribution in [3.8, 4) is 0 Å². The van der Waals surface area contributed by atoms with Crippen molar-refractivity contribution in [2.75, 3.05) is 48.2 Å². The van der Waals surface area contributed by atoms with Gasteiger partial charge < -0.3 is 14.5 Å². The molecule has 1 saturated carbocycles. The molecule has 0 bridgehead atoms. The zero-order chi connectivity index (χ0) is 21.2. The Kier molecular flexibility index (Phi) is 6.31. The summed E-state index contributed by atoms with van der Waals surface area (Å²) < 4.78 is 32.1. The summed E-state index contributed by atoms with van der Waals surface area (Å²) in [5.41, 5.74) is 1.12. The monoisotopic (exact) mass is 423 g/mol. The minimum absolute atomic E-state index is 0.298. The third kappa shape index (κ3) is 5.56. The lowest BCUT2D eigenvalue weighted by Gasteiger charge is -2.39. The summed E-state index contributed by atoms with van der Waals surface area (Å²) in [6.45, 7) is 8.48. The normalized spacial score (nSPS) is 18.3. The molecule has 1 aromatic rings. The average molecular weight is 424 g/mol. The van der Waals surface area contributed by atoms with E-state index in [2.05, 4.69) is 4.90 Å². The molecule has 0 N–H and O–H groups in total. The second-order valence-electron chi connectivity index (χ2n) is 9.03. The summed E-state index contributed by atoms with van der Waals surface area (Å²) >= 11 is 0. The number of sulfonamides is 1. The number of nitrogens with zero attached hydrogens (tertiary/aromatic N) is 3. The number of hydrogen-bond acceptors (Lipinski definition) is 5. The van der Waals surface area contributed by atoms with E-state index in [1.165, 1.54) is 12.7 Å². The first-order valence-corrected chi connectivity index (χ1v) is 12.2. The molecule has 1 aromatic carbocycles. The standard InChI is InChI=1S/C21H33N3O4S/c1-21(2,3)28-20(25)23-14-12-22(13-15-23)18-10-5-6-11-19(18)24(29(4,26)27)16-17-8-7-9-17/h5-6,10-11,17H,7-9,12-16H2,1-4H3. The highest BCUT2D eigenvalue weighted by Gasteiger charge is 2.30. The van der Waals surface area contributed by atoms with Gasteiger partial charge in [0.15, 0.2) is 0 Å². The van der Waals surface area contributed by atoms with Crippen LogP contribution in [0, 0.1) is 5.92 Å². The van der Waals surface area contributed by atoms with Gasteiger partial charge in [-0.2, -0.15) is 0 Å². The number of ether oxygens (including phenoxy) is 1. The Bertz CT molecular complexity index is 823. The Hall–Kier alpha value is -1.96. The van der Waals surface area contributed by atoms with Crippen LogP contribution in [0.5, 0.6) is 0 Å². The molecular formula is C21H33N3O4S. The van der Waals surface area contributed by atoms with Crippen LogP contribution in [-0.2, 0) is 14.8 Å². The number of anilines is 2. The van der Waals surface area contributed by atoms with Crippen LogP contribution in [-0.4, -0.2) is 64.0 Å². The van der Waals surface area contributed by atoms with Crippen LogP contribution >= 0.6 is 0 Å². The third-order valence-electron chi connectivity index (χ3n) is 5.47. The highest BCUT2D eigenvalue weighted by molar-refractivity contribution is 7.92. The maximum absolute atomic E-state index is 12.6. The van der Waals surface area contributed by atoms with E-state index in [9.17, 15) is 13.2 Å². The molecule has 7 nitrogen and oxygen atoms in total. The molecule has 1 saturated heterocycles. The van der Waals surface area contributed by atoms with Gasteiger partial charge in [-0.1, -0.05) is 18.6 Å². The van der Waals surface area contributed by atoms with E-state index in [4.69, 9.17) is 4.74 Å². The van der Waals surface area contributed by atoms with Gasteiger partial charge in [-0.3, -0.25) is 4.31 Å². The number of piperazine rings is 1. The van der Waals surface area contributed by atoms with Crippen LogP contribution in [0.4, 0.5) is 16.2 Å². The van der Waals surface area contributed by atoms with Crippen molar-refractivity contribution in [2.45, 2.75) is 45.6 Å². The van der Waals surface area contributed by atoms with E-state index in [0.29, 0.717) is 38.6 Å². The number of para-hydroxylation sites is 2. The van der Waals surface area contributed by atoms with Crippen LogP contribution in [0.15, 0.2) is 24.3 Å². The molecule has 1 aliphatic carbocycles. The summed E-state index contributed by atoms with van der Waals surface area (Å²) in [4.78, 5) is 16.2. The molecule has 0 aromatic heterocycles. The fourth-order valence-electron chi connectivity index (χ4n) is 3.72. The number of rotatable bonds is 5. The molecule has 162 valence electrons. The van der Waals surface area contributed by atoms with Crippen molar-refractivity contribution >= 4 is 27.5 Å². The van der Waals surface area contributed by atoms with E-state index in [1.807, 2.05) is 45.0 Å². The minimum atomic E-state index is -3.37. The van der Waals surface area contributed by atoms with E-state index in [1.54, 1.807) is 9.21 Å². The molecule has 2 fully saturated rings. The number of carbonyl (C=O) groups excluding carboxylic acids is 1. The third-order valence-corrected chi connectivity index (χ3v) is 6.62. The highest BCUT2D eigenvalue weighted by atomic mass is 32.2. The zero-order valence-electron chi connectivity index (χ0n) is 17.9. The van der Waals surface area contributed by atoms with Crippen LogP contribution in [0.25, 0.3) is 0 Å². The zero-order valence-corrected chi connectivity index (χ0v) is 18.7. The van der Waals surface area contributed by atoms with Gasteiger partial charge in [0.05, 0.1) is 17.6 Å². The lowest BCUT2D eigenvalue weighted by atomic mass is 9.85. The first-order chi connectivity index (χ1) is 13.5. The van der Waals surface area contributed by atoms with Gasteiger partial charge in [-0.25, -0.2) is 13.2 Å². The summed E-state index contributed by atoms with van der Waals surface area (Å²) in [6, 6.07) is 7.67. The van der Waals surface area contributed by atoms with Crippen LogP contribution in [0.2, 0.25) is 0 Å². The Morgan fingerprint density at radius 2 is 1.76 bits per heavy atom. The van der Waals surface area contributed by atoms with Gasteiger partial charge in [0.1, 0.15) is 5.60 Å². The van der Waals surface area contributed by atoms with Gasteiger partial charge in [0.2, 0.25) is 10.0 Å². The topological polar surface area (TPSA) is 70.2 Å². The molecular weight excluding hydrogens is 390 g/mol. The Morgan fingerprint density at radius 3 is 2.28 bits per heavy atom. The predicted molar refractivity (Wildman–Crippen MR) is 116 cm³/mol. The van der Waals surface area contributed by atoms with Gasteiger partial charge in [-0.15, -0.1) is 0 Å². The van der Waals surface area contributed by atoms with Gasteiger partial charge in [-0.05, 0) is 51.7 Å². The smallest absolute Gasteiger partial charge is 0.410 e. The maximum atomic E-state index is 12.6. The number of carbonyl (C=O) groups is 1. The van der Waals surface area contributed by atoms with E-state index >= 15 is 0 Å². The average Bonchev–Trinajstić information content (AvgIpc) is 2.58. The Labute approximate surface area is 174 Å². The first kappa shape index (κ1) is 21.7. The molecule has 0 atom stereocenters. The van der Waals surface area contributed by atoms with Crippen molar-refractivity contribution in [3.05, 3.63) is 24.3 Å². The summed E-state index contributed by atoms with van der Waals surface area (Å²) in [5.74, 6) is 0.432. The summed E-state index contributed by atoms with van der Waals surface area (Å²) in [5, 5.41) is 0. The molecule has 1 amide bonds. The lowest BCUT2D eigenvalue weighted by Crippen LogP contribution is -2.50. The van der Waals surface area contributed by atoms with E-state index < -0.39 is 15.6 Å². The van der Waals surface area contributed by atoms with E-state index in [-0.39, 0.29) is 6.09 Å². The first-order valence-electron chi connectivity index (χ1n) is 10.3. The van der Waals surface area contributed by atoms with Crippen molar-refractivity contribution in [1.29, 1.82) is 0 Å². The fraction of sp³-hybridized carbons (Fsp3) is 0.667. The SMILES string of the molecule is CC(C)(C)OC(=O)N1CCN(c2ccccc2N(CC2CCC2)S(C)(=O)=O)CC1. The quantitative estimate of drug-likeness (QED) is 0.727. The molecule has 0 spiro atoms. The molecule has 29 heavy (non-hydrogen) atoms.